The van der Waals surface area contributed by atoms with E-state index in [0.29, 0.717) is 31.0 Å². The Balaban J connectivity index is 1.30. The number of amides is 2. The molecule has 2 fully saturated rings. The van der Waals surface area contributed by atoms with E-state index in [0.717, 1.165) is 54.0 Å². The Morgan fingerprint density at radius 1 is 0.968 bits per heavy atom. The summed E-state index contributed by atoms with van der Waals surface area (Å²) in [5.74, 6) is 0.425. The summed E-state index contributed by atoms with van der Waals surface area (Å²) in [5.41, 5.74) is 5.15. The Labute approximate surface area is 188 Å². The number of rotatable bonds is 6. The number of hydrogen-bond acceptors (Lipinski definition) is 3. The monoisotopic (exact) mass is 436 g/mol. The molecule has 0 atom stereocenters. The number of carbonyl (C=O) groups excluding carboxylic acids is 2. The molecule has 2 aliphatic heterocycles. The van der Waals surface area contributed by atoms with E-state index < -0.39 is 0 Å². The lowest BCUT2D eigenvalue weighted by molar-refractivity contribution is -0.128. The van der Waals surface area contributed by atoms with Crippen molar-refractivity contribution >= 4 is 40.5 Å². The molecule has 4 rings (SSSR count). The summed E-state index contributed by atoms with van der Waals surface area (Å²) in [6, 6.07) is 14.2. The van der Waals surface area contributed by atoms with Crippen LogP contribution in [0.5, 0.6) is 0 Å². The predicted octanol–water partition coefficient (Wildman–Crippen LogP) is 3.73. The van der Waals surface area contributed by atoms with E-state index in [9.17, 15) is 9.59 Å². The van der Waals surface area contributed by atoms with Gasteiger partial charge >= 0.3 is 0 Å². The Morgan fingerprint density at radius 3 is 2.35 bits per heavy atom. The van der Waals surface area contributed by atoms with Gasteiger partial charge in [-0.25, -0.2) is 0 Å². The number of carbonyl (C=O) groups is 2. The van der Waals surface area contributed by atoms with E-state index in [1.54, 1.807) is 0 Å². The average molecular weight is 437 g/mol. The van der Waals surface area contributed by atoms with Gasteiger partial charge in [-0.2, -0.15) is 0 Å². The van der Waals surface area contributed by atoms with Gasteiger partial charge in [-0.1, -0.05) is 30.3 Å². The predicted molar refractivity (Wildman–Crippen MR) is 127 cm³/mol. The quantitative estimate of drug-likeness (QED) is 0.676. The van der Waals surface area contributed by atoms with Crippen molar-refractivity contribution in [1.29, 1.82) is 0 Å². The smallest absolute Gasteiger partial charge is 0.227 e. The maximum absolute atomic E-state index is 12.1. The van der Waals surface area contributed by atoms with Gasteiger partial charge in [-0.15, -0.1) is 0 Å². The minimum atomic E-state index is 0.179. The van der Waals surface area contributed by atoms with Crippen LogP contribution in [0.4, 0.5) is 11.4 Å². The van der Waals surface area contributed by atoms with Crippen LogP contribution >= 0.6 is 12.2 Å². The Kier molecular flexibility index (Phi) is 6.51. The maximum Gasteiger partial charge on any atom is 0.227 e. The van der Waals surface area contributed by atoms with Crippen LogP contribution in [0, 0.1) is 6.92 Å². The average Bonchev–Trinajstić information content (AvgIpc) is 3.37. The zero-order chi connectivity index (χ0) is 21.8. The second-order valence-electron chi connectivity index (χ2n) is 8.19. The fourth-order valence-corrected chi connectivity index (χ4v) is 4.28. The van der Waals surface area contributed by atoms with E-state index >= 15 is 0 Å². The highest BCUT2D eigenvalue weighted by Gasteiger charge is 2.23. The first-order valence-electron chi connectivity index (χ1n) is 10.8. The first-order chi connectivity index (χ1) is 15.0. The summed E-state index contributed by atoms with van der Waals surface area (Å²) < 4.78 is 0. The van der Waals surface area contributed by atoms with Gasteiger partial charge in [-0.05, 0) is 60.8 Å². The minimum absolute atomic E-state index is 0.179. The number of aryl methyl sites for hydroxylation is 1. The summed E-state index contributed by atoms with van der Waals surface area (Å²) in [6.45, 7) is 4.94. The third-order valence-corrected chi connectivity index (χ3v) is 6.10. The Hall–Kier alpha value is -2.93. The summed E-state index contributed by atoms with van der Waals surface area (Å²) in [5, 5.41) is 6.99. The molecule has 0 aromatic heterocycles. The van der Waals surface area contributed by atoms with Crippen molar-refractivity contribution in [1.82, 2.24) is 10.2 Å². The van der Waals surface area contributed by atoms with Crippen LogP contribution in [0.3, 0.4) is 0 Å². The Bertz CT molecular complexity index is 990. The van der Waals surface area contributed by atoms with Gasteiger partial charge in [0.2, 0.25) is 11.8 Å². The number of benzene rings is 2. The van der Waals surface area contributed by atoms with Crippen LogP contribution in [0.25, 0.3) is 0 Å². The van der Waals surface area contributed by atoms with Crippen LogP contribution in [-0.4, -0.2) is 34.9 Å². The molecule has 0 aliphatic carbocycles. The molecule has 2 N–H and O–H groups in total. The summed E-state index contributed by atoms with van der Waals surface area (Å²) in [7, 11) is 0. The van der Waals surface area contributed by atoms with Crippen LogP contribution in [0.15, 0.2) is 42.5 Å². The van der Waals surface area contributed by atoms with Gasteiger partial charge in [0.1, 0.15) is 0 Å². The zero-order valence-corrected chi connectivity index (χ0v) is 18.6. The number of nitrogens with zero attached hydrogens (tertiary/aromatic N) is 2. The van der Waals surface area contributed by atoms with Crippen molar-refractivity contribution in [3.05, 3.63) is 59.2 Å². The molecule has 0 saturated carbocycles. The van der Waals surface area contributed by atoms with Crippen LogP contribution in [0.2, 0.25) is 0 Å². The van der Waals surface area contributed by atoms with Crippen LogP contribution in [-0.2, 0) is 22.7 Å². The lowest BCUT2D eigenvalue weighted by atomic mass is 10.1. The van der Waals surface area contributed by atoms with Crippen molar-refractivity contribution in [2.45, 2.75) is 45.7 Å². The second kappa shape index (κ2) is 9.47. The number of nitrogens with one attached hydrogen (secondary N) is 2. The standard InChI is InChI=1S/C24H28N4O2S/c1-17-6-11-20(14-21(17)28-13-3-5-23(28)30)26-24(31)25-15-18-7-9-19(10-8-18)16-27-12-2-4-22(27)29/h6-11,14H,2-5,12-13,15-16H2,1H3,(H2,25,26,31). The largest absolute Gasteiger partial charge is 0.358 e. The van der Waals surface area contributed by atoms with Gasteiger partial charge in [0.15, 0.2) is 5.11 Å². The van der Waals surface area contributed by atoms with E-state index in [4.69, 9.17) is 12.2 Å². The molecule has 0 spiro atoms. The SMILES string of the molecule is Cc1ccc(NC(=S)NCc2ccc(CN3CCCC3=O)cc2)cc1N1CCCC1=O. The number of hydrogen-bond donors (Lipinski definition) is 2. The molecule has 0 radical (unpaired) electrons. The molecule has 162 valence electrons. The summed E-state index contributed by atoms with van der Waals surface area (Å²) in [6.07, 6.45) is 3.15. The normalized spacial score (nSPS) is 16.2. The number of likely N-dealkylation sites (tertiary alicyclic amines) is 1. The van der Waals surface area contributed by atoms with E-state index in [2.05, 4.69) is 34.9 Å². The summed E-state index contributed by atoms with van der Waals surface area (Å²) in [4.78, 5) is 27.7. The first kappa shape index (κ1) is 21.3. The molecule has 6 nitrogen and oxygen atoms in total. The van der Waals surface area contributed by atoms with Gasteiger partial charge in [0.25, 0.3) is 0 Å². The molecule has 2 aromatic carbocycles. The molecule has 0 bridgehead atoms. The zero-order valence-electron chi connectivity index (χ0n) is 17.8. The molecule has 31 heavy (non-hydrogen) atoms. The van der Waals surface area contributed by atoms with Crippen molar-refractivity contribution in [3.63, 3.8) is 0 Å². The highest BCUT2D eigenvalue weighted by molar-refractivity contribution is 7.80. The van der Waals surface area contributed by atoms with Crippen molar-refractivity contribution < 1.29 is 9.59 Å². The number of thiocarbonyl (C=S) groups is 1. The van der Waals surface area contributed by atoms with Crippen LogP contribution in [0.1, 0.15) is 42.4 Å². The van der Waals surface area contributed by atoms with Gasteiger partial charge in [-0.3, -0.25) is 9.59 Å². The molecular weight excluding hydrogens is 408 g/mol. The lowest BCUT2D eigenvalue weighted by Crippen LogP contribution is -2.28. The minimum Gasteiger partial charge on any atom is -0.358 e. The van der Waals surface area contributed by atoms with Crippen molar-refractivity contribution in [3.8, 4) is 0 Å². The molecule has 2 aliphatic rings. The van der Waals surface area contributed by atoms with Crippen LogP contribution < -0.4 is 15.5 Å². The third kappa shape index (κ3) is 5.22. The first-order valence-corrected chi connectivity index (χ1v) is 11.2. The highest BCUT2D eigenvalue weighted by atomic mass is 32.1. The molecule has 0 unspecified atom stereocenters. The van der Waals surface area contributed by atoms with Gasteiger partial charge < -0.3 is 20.4 Å². The Morgan fingerprint density at radius 2 is 1.68 bits per heavy atom. The van der Waals surface area contributed by atoms with Crippen molar-refractivity contribution in [2.24, 2.45) is 0 Å². The lowest BCUT2D eigenvalue weighted by Gasteiger charge is -2.20. The molecular formula is C24H28N4O2S. The molecule has 7 heteroatoms. The number of anilines is 2. The van der Waals surface area contributed by atoms with E-state index in [1.165, 1.54) is 0 Å². The molecule has 2 aromatic rings. The highest BCUT2D eigenvalue weighted by Crippen LogP contribution is 2.28. The molecule has 2 saturated heterocycles. The van der Waals surface area contributed by atoms with Gasteiger partial charge in [0.05, 0.1) is 0 Å². The van der Waals surface area contributed by atoms with E-state index in [-0.39, 0.29) is 11.8 Å². The van der Waals surface area contributed by atoms with Crippen molar-refractivity contribution in [2.75, 3.05) is 23.3 Å². The molecule has 2 heterocycles. The molecule has 2 amide bonds. The topological polar surface area (TPSA) is 64.7 Å². The third-order valence-electron chi connectivity index (χ3n) is 5.85. The maximum atomic E-state index is 12.1. The summed E-state index contributed by atoms with van der Waals surface area (Å²) >= 11 is 5.46. The van der Waals surface area contributed by atoms with E-state index in [1.807, 2.05) is 34.9 Å². The fraction of sp³-hybridized carbons (Fsp3) is 0.375. The second-order valence-corrected chi connectivity index (χ2v) is 8.60. The fourth-order valence-electron chi connectivity index (χ4n) is 4.09. The van der Waals surface area contributed by atoms with Gasteiger partial charge in [0, 0.05) is 50.4 Å².